The second-order valence-electron chi connectivity index (χ2n) is 4.43. The monoisotopic (exact) mass is 295 g/mol. The maximum Gasteiger partial charge on any atom is 0.137 e. The van der Waals surface area contributed by atoms with E-state index in [9.17, 15) is 4.39 Å². The average molecular weight is 296 g/mol. The van der Waals surface area contributed by atoms with Gasteiger partial charge in [-0.15, -0.1) is 0 Å². The summed E-state index contributed by atoms with van der Waals surface area (Å²) >= 11 is 3.45. The minimum atomic E-state index is -0.751. The number of nitrogens with one attached hydrogen (secondary N) is 1. The zero-order valence-electron chi connectivity index (χ0n) is 9.03. The molecule has 0 unspecified atom stereocenters. The maximum absolute atomic E-state index is 13.3. The molecular formula is C12H11BrFN3. The van der Waals surface area contributed by atoms with Gasteiger partial charge >= 0.3 is 0 Å². The van der Waals surface area contributed by atoms with E-state index in [2.05, 4.69) is 31.1 Å². The number of rotatable bonds is 2. The third kappa shape index (κ3) is 1.69. The first-order valence-electron chi connectivity index (χ1n) is 5.47. The lowest BCUT2D eigenvalue weighted by molar-refractivity contribution is 0.117. The van der Waals surface area contributed by atoms with Crippen molar-refractivity contribution < 1.29 is 4.39 Å². The predicted molar refractivity (Wildman–Crippen MR) is 65.4 cm³/mol. The van der Waals surface area contributed by atoms with Gasteiger partial charge in [0.15, 0.2) is 0 Å². The molecule has 1 saturated carbocycles. The number of nitrogens with zero attached hydrogens (tertiary/aromatic N) is 2. The molecular weight excluding hydrogens is 285 g/mol. The highest BCUT2D eigenvalue weighted by Crippen LogP contribution is 2.49. The van der Waals surface area contributed by atoms with E-state index in [4.69, 9.17) is 0 Å². The molecule has 1 aromatic heterocycles. The summed E-state index contributed by atoms with van der Waals surface area (Å²) in [6, 6.07) is 7.96. The van der Waals surface area contributed by atoms with Gasteiger partial charge in [0, 0.05) is 4.47 Å². The Labute approximate surface area is 107 Å². The Morgan fingerprint density at radius 1 is 1.41 bits per heavy atom. The molecule has 5 heteroatoms. The Balaban J connectivity index is 2.07. The third-order valence-corrected chi connectivity index (χ3v) is 3.88. The number of hydrogen-bond donors (Lipinski definition) is 1. The zero-order chi connectivity index (χ0) is 11.9. The lowest BCUT2D eigenvalue weighted by atomic mass is 9.63. The molecule has 0 spiro atoms. The third-order valence-electron chi connectivity index (χ3n) is 3.39. The van der Waals surface area contributed by atoms with Crippen LogP contribution in [0.15, 0.2) is 35.1 Å². The van der Waals surface area contributed by atoms with Crippen molar-refractivity contribution in [2.75, 3.05) is 0 Å². The fourth-order valence-electron chi connectivity index (χ4n) is 2.48. The fourth-order valence-corrected chi connectivity index (χ4v) is 2.88. The molecule has 2 aromatic rings. The standard InChI is InChI=1S/C12H11BrFN3/c13-9-3-1-2-8(4-9)12(5-10(14)6-12)11-15-7-16-17-11/h1-4,7,10H,5-6H2,(H,15,16,17). The van der Waals surface area contributed by atoms with E-state index in [1.54, 1.807) is 0 Å². The van der Waals surface area contributed by atoms with Crippen LogP contribution in [0.1, 0.15) is 24.2 Å². The summed E-state index contributed by atoms with van der Waals surface area (Å²) in [4.78, 5) is 4.20. The molecule has 0 atom stereocenters. The highest BCUT2D eigenvalue weighted by atomic mass is 79.9. The van der Waals surface area contributed by atoms with Crippen molar-refractivity contribution in [3.63, 3.8) is 0 Å². The van der Waals surface area contributed by atoms with Crippen LogP contribution in [-0.2, 0) is 5.41 Å². The smallest absolute Gasteiger partial charge is 0.137 e. The summed E-state index contributed by atoms with van der Waals surface area (Å²) in [5.74, 6) is 0.754. The van der Waals surface area contributed by atoms with Crippen molar-refractivity contribution >= 4 is 15.9 Å². The van der Waals surface area contributed by atoms with Crippen LogP contribution in [0.2, 0.25) is 0 Å². The van der Waals surface area contributed by atoms with Crippen LogP contribution in [-0.4, -0.2) is 21.4 Å². The van der Waals surface area contributed by atoms with Gasteiger partial charge in [0.1, 0.15) is 18.3 Å². The molecule has 0 amide bonds. The highest BCUT2D eigenvalue weighted by molar-refractivity contribution is 9.10. The van der Waals surface area contributed by atoms with E-state index in [1.165, 1.54) is 6.33 Å². The van der Waals surface area contributed by atoms with Crippen LogP contribution in [0.4, 0.5) is 4.39 Å². The first kappa shape index (κ1) is 10.9. The first-order valence-corrected chi connectivity index (χ1v) is 6.26. The van der Waals surface area contributed by atoms with E-state index < -0.39 is 6.17 Å². The van der Waals surface area contributed by atoms with Crippen molar-refractivity contribution in [3.05, 3.63) is 46.5 Å². The molecule has 0 aliphatic heterocycles. The van der Waals surface area contributed by atoms with Gasteiger partial charge in [0.2, 0.25) is 0 Å². The van der Waals surface area contributed by atoms with E-state index in [-0.39, 0.29) is 5.41 Å². The number of aromatic amines is 1. The first-order chi connectivity index (χ1) is 8.21. The number of hydrogen-bond acceptors (Lipinski definition) is 2. The summed E-state index contributed by atoms with van der Waals surface area (Å²) in [5.41, 5.74) is 0.747. The summed E-state index contributed by atoms with van der Waals surface area (Å²) in [6.45, 7) is 0. The van der Waals surface area contributed by atoms with Gasteiger partial charge in [-0.2, -0.15) is 5.10 Å². The minimum absolute atomic E-state index is 0.334. The van der Waals surface area contributed by atoms with Crippen LogP contribution in [0.5, 0.6) is 0 Å². The second-order valence-corrected chi connectivity index (χ2v) is 5.35. The summed E-state index contributed by atoms with van der Waals surface area (Å²) in [5, 5.41) is 6.75. The molecule has 1 N–H and O–H groups in total. The van der Waals surface area contributed by atoms with Crippen LogP contribution in [0.3, 0.4) is 0 Å². The van der Waals surface area contributed by atoms with Gasteiger partial charge < -0.3 is 0 Å². The number of alkyl halides is 1. The quantitative estimate of drug-likeness (QED) is 0.925. The van der Waals surface area contributed by atoms with Gasteiger partial charge in [-0.3, -0.25) is 5.10 Å². The van der Waals surface area contributed by atoms with Gasteiger partial charge in [-0.25, -0.2) is 9.37 Å². The molecule has 0 bridgehead atoms. The minimum Gasteiger partial charge on any atom is -0.263 e. The van der Waals surface area contributed by atoms with Crippen LogP contribution >= 0.6 is 15.9 Å². The Hall–Kier alpha value is -1.23. The van der Waals surface area contributed by atoms with Crippen LogP contribution < -0.4 is 0 Å². The Morgan fingerprint density at radius 3 is 2.82 bits per heavy atom. The van der Waals surface area contributed by atoms with Gasteiger partial charge in [-0.1, -0.05) is 28.1 Å². The normalized spacial score (nSPS) is 27.8. The maximum atomic E-state index is 13.3. The van der Waals surface area contributed by atoms with Crippen molar-refractivity contribution in [3.8, 4) is 0 Å². The fraction of sp³-hybridized carbons (Fsp3) is 0.333. The van der Waals surface area contributed by atoms with Gasteiger partial charge in [0.25, 0.3) is 0 Å². The second kappa shape index (κ2) is 3.91. The van der Waals surface area contributed by atoms with Crippen molar-refractivity contribution in [1.82, 2.24) is 15.2 Å². The SMILES string of the molecule is FC1CC(c2cccc(Br)c2)(c2ncn[nH]2)C1. The van der Waals surface area contributed by atoms with Gasteiger partial charge in [-0.05, 0) is 30.5 Å². The van der Waals surface area contributed by atoms with E-state index in [1.807, 2.05) is 24.3 Å². The number of H-pyrrole nitrogens is 1. The van der Waals surface area contributed by atoms with Crippen LogP contribution in [0.25, 0.3) is 0 Å². The van der Waals surface area contributed by atoms with Gasteiger partial charge in [0.05, 0.1) is 5.41 Å². The van der Waals surface area contributed by atoms with Crippen molar-refractivity contribution in [2.24, 2.45) is 0 Å². The Morgan fingerprint density at radius 2 is 2.24 bits per heavy atom. The van der Waals surface area contributed by atoms with Crippen molar-refractivity contribution in [2.45, 2.75) is 24.4 Å². The molecule has 1 fully saturated rings. The summed E-state index contributed by atoms with van der Waals surface area (Å²) in [6.07, 6.45) is 1.66. The lowest BCUT2D eigenvalue weighted by Gasteiger charge is -2.42. The summed E-state index contributed by atoms with van der Waals surface area (Å²) < 4.78 is 14.3. The number of aromatic nitrogens is 3. The molecule has 1 aliphatic rings. The Kier molecular flexibility index (Phi) is 2.50. The number of benzene rings is 1. The van der Waals surface area contributed by atoms with E-state index >= 15 is 0 Å². The summed E-state index contributed by atoms with van der Waals surface area (Å²) in [7, 11) is 0. The predicted octanol–water partition coefficient (Wildman–Crippen LogP) is 2.99. The molecule has 0 saturated heterocycles. The molecule has 1 heterocycles. The topological polar surface area (TPSA) is 41.6 Å². The molecule has 1 aromatic carbocycles. The highest BCUT2D eigenvalue weighted by Gasteiger charge is 2.49. The largest absolute Gasteiger partial charge is 0.263 e. The van der Waals surface area contributed by atoms with Crippen LogP contribution in [0, 0.1) is 0 Å². The molecule has 1 aliphatic carbocycles. The van der Waals surface area contributed by atoms with E-state index in [0.29, 0.717) is 12.8 Å². The molecule has 17 heavy (non-hydrogen) atoms. The van der Waals surface area contributed by atoms with Crippen molar-refractivity contribution in [1.29, 1.82) is 0 Å². The molecule has 3 nitrogen and oxygen atoms in total. The van der Waals surface area contributed by atoms with E-state index in [0.717, 1.165) is 15.9 Å². The zero-order valence-corrected chi connectivity index (χ0v) is 10.6. The Bertz CT molecular complexity index is 520. The molecule has 0 radical (unpaired) electrons. The lowest BCUT2D eigenvalue weighted by Crippen LogP contribution is -2.44. The molecule has 88 valence electrons. The number of halogens is 2. The molecule has 3 rings (SSSR count). The average Bonchev–Trinajstić information content (AvgIpc) is 2.78.